The summed E-state index contributed by atoms with van der Waals surface area (Å²) in [5.41, 5.74) is 0.884. The molecule has 2 rings (SSSR count). The largest absolute Gasteiger partial charge is 0.328 e. The minimum absolute atomic E-state index is 0.333. The van der Waals surface area contributed by atoms with Crippen molar-refractivity contribution in [2.45, 2.75) is 19.4 Å². The molecule has 2 aromatic carbocycles. The molecule has 0 fully saturated rings. The Kier molecular flexibility index (Phi) is 5.46. The van der Waals surface area contributed by atoms with E-state index >= 15 is 0 Å². The maximum Gasteiger partial charge on any atom is 0.328 e. The van der Waals surface area contributed by atoms with Gasteiger partial charge in [0.2, 0.25) is 0 Å². The van der Waals surface area contributed by atoms with Crippen LogP contribution in [0.4, 0.5) is 0 Å². The van der Waals surface area contributed by atoms with Gasteiger partial charge in [0, 0.05) is 11.7 Å². The molecular formula is C17H20ClO3P. The van der Waals surface area contributed by atoms with E-state index in [0.29, 0.717) is 11.6 Å². The Morgan fingerprint density at radius 3 is 2.14 bits per heavy atom. The van der Waals surface area contributed by atoms with Crippen LogP contribution in [0.1, 0.15) is 25.0 Å². The molecule has 118 valence electrons. The van der Waals surface area contributed by atoms with Crippen molar-refractivity contribution in [1.29, 1.82) is 0 Å². The normalized spacial score (nSPS) is 16.7. The lowest BCUT2D eigenvalue weighted by Gasteiger charge is -2.33. The Labute approximate surface area is 136 Å². The van der Waals surface area contributed by atoms with E-state index in [1.54, 1.807) is 19.1 Å². The van der Waals surface area contributed by atoms with Crippen LogP contribution in [0, 0.1) is 0 Å². The number of benzene rings is 2. The van der Waals surface area contributed by atoms with Crippen LogP contribution in [0.5, 0.6) is 0 Å². The molecule has 2 unspecified atom stereocenters. The van der Waals surface area contributed by atoms with Crippen molar-refractivity contribution in [2.75, 3.05) is 13.3 Å². The van der Waals surface area contributed by atoms with Gasteiger partial charge in [0.1, 0.15) is 5.60 Å². The Bertz CT molecular complexity index is 657. The summed E-state index contributed by atoms with van der Waals surface area (Å²) in [4.78, 5) is 0. The second-order valence-electron chi connectivity index (χ2n) is 5.19. The van der Waals surface area contributed by atoms with Gasteiger partial charge in [-0.05, 0) is 37.1 Å². The molecule has 22 heavy (non-hydrogen) atoms. The maximum absolute atomic E-state index is 12.6. The second kappa shape index (κ2) is 6.97. The van der Waals surface area contributed by atoms with Crippen LogP contribution < -0.4 is 0 Å². The van der Waals surface area contributed by atoms with Gasteiger partial charge in [-0.2, -0.15) is 0 Å². The predicted octanol–water partition coefficient (Wildman–Crippen LogP) is 5.48. The molecule has 0 N–H and O–H groups in total. The highest BCUT2D eigenvalue weighted by atomic mass is 35.5. The zero-order chi connectivity index (χ0) is 16.2. The molecule has 0 aromatic heterocycles. The highest BCUT2D eigenvalue weighted by Gasteiger charge is 2.36. The highest BCUT2D eigenvalue weighted by Crippen LogP contribution is 2.52. The van der Waals surface area contributed by atoms with Crippen molar-refractivity contribution in [1.82, 2.24) is 0 Å². The van der Waals surface area contributed by atoms with Crippen LogP contribution in [-0.2, 0) is 19.2 Å². The average molecular weight is 339 g/mol. The molecule has 0 spiro atoms. The van der Waals surface area contributed by atoms with Gasteiger partial charge < -0.3 is 4.52 Å². The van der Waals surface area contributed by atoms with Crippen LogP contribution in [-0.4, -0.2) is 13.3 Å². The van der Waals surface area contributed by atoms with E-state index in [1.807, 2.05) is 49.4 Å². The molecule has 0 saturated carbocycles. The first kappa shape index (κ1) is 17.2. The maximum atomic E-state index is 12.6. The SMILES string of the molecule is CCOP(C)(=O)OC(C)(c1ccccc1)c1ccc(Cl)cc1. The molecule has 0 aliphatic rings. The fourth-order valence-electron chi connectivity index (χ4n) is 2.39. The third-order valence-electron chi connectivity index (χ3n) is 3.43. The first-order valence-corrected chi connectivity index (χ1v) is 9.48. The lowest BCUT2D eigenvalue weighted by molar-refractivity contribution is 0.0996. The number of halogens is 1. The molecular weight excluding hydrogens is 319 g/mol. The third kappa shape index (κ3) is 3.99. The van der Waals surface area contributed by atoms with Gasteiger partial charge in [0.15, 0.2) is 0 Å². The number of hydrogen-bond acceptors (Lipinski definition) is 3. The minimum Gasteiger partial charge on any atom is -0.309 e. The molecule has 0 aliphatic heterocycles. The Balaban J connectivity index is 2.49. The van der Waals surface area contributed by atoms with E-state index in [1.165, 1.54) is 6.66 Å². The predicted molar refractivity (Wildman–Crippen MR) is 90.6 cm³/mol. The van der Waals surface area contributed by atoms with Gasteiger partial charge in [-0.25, -0.2) is 0 Å². The smallest absolute Gasteiger partial charge is 0.309 e. The van der Waals surface area contributed by atoms with Gasteiger partial charge in [0.25, 0.3) is 0 Å². The molecule has 2 atom stereocenters. The van der Waals surface area contributed by atoms with Crippen molar-refractivity contribution < 1.29 is 13.6 Å². The minimum atomic E-state index is -3.19. The second-order valence-corrected chi connectivity index (χ2v) is 7.61. The van der Waals surface area contributed by atoms with Gasteiger partial charge in [-0.1, -0.05) is 54.1 Å². The summed E-state index contributed by atoms with van der Waals surface area (Å²) in [5, 5.41) is 0.642. The molecule has 3 nitrogen and oxygen atoms in total. The van der Waals surface area contributed by atoms with Gasteiger partial charge in [-0.15, -0.1) is 0 Å². The number of rotatable bonds is 6. The van der Waals surface area contributed by atoms with Crippen LogP contribution >= 0.6 is 19.2 Å². The molecule has 0 bridgehead atoms. The van der Waals surface area contributed by atoms with E-state index in [2.05, 4.69) is 0 Å². The summed E-state index contributed by atoms with van der Waals surface area (Å²) in [5.74, 6) is 0. The lowest BCUT2D eigenvalue weighted by atomic mass is 9.88. The zero-order valence-corrected chi connectivity index (χ0v) is 14.6. The molecule has 2 aromatic rings. The molecule has 0 heterocycles. The summed E-state index contributed by atoms with van der Waals surface area (Å²) in [6, 6.07) is 17.0. The quantitative estimate of drug-likeness (QED) is 0.654. The monoisotopic (exact) mass is 338 g/mol. The van der Waals surface area contributed by atoms with Crippen molar-refractivity contribution in [3.8, 4) is 0 Å². The molecule has 0 saturated heterocycles. The van der Waals surface area contributed by atoms with E-state index in [0.717, 1.165) is 11.1 Å². The number of hydrogen-bond donors (Lipinski definition) is 0. The highest BCUT2D eigenvalue weighted by molar-refractivity contribution is 7.53. The van der Waals surface area contributed by atoms with Gasteiger partial charge in [-0.3, -0.25) is 9.09 Å². The van der Waals surface area contributed by atoms with Crippen LogP contribution in [0.15, 0.2) is 54.6 Å². The van der Waals surface area contributed by atoms with Crippen molar-refractivity contribution >= 4 is 19.2 Å². The fraction of sp³-hybridized carbons (Fsp3) is 0.294. The van der Waals surface area contributed by atoms with E-state index in [-0.39, 0.29) is 0 Å². The first-order chi connectivity index (χ1) is 10.4. The van der Waals surface area contributed by atoms with Crippen molar-refractivity contribution in [2.24, 2.45) is 0 Å². The molecule has 5 heteroatoms. The first-order valence-electron chi connectivity index (χ1n) is 7.12. The fourth-order valence-corrected chi connectivity index (χ4v) is 3.91. The standard InChI is InChI=1S/C17H20ClO3P/c1-4-20-22(3,19)21-17(2,14-8-6-5-7-9-14)15-10-12-16(18)13-11-15/h5-13H,4H2,1-3H3. The van der Waals surface area contributed by atoms with E-state index < -0.39 is 13.2 Å². The van der Waals surface area contributed by atoms with E-state index in [9.17, 15) is 4.57 Å². The summed E-state index contributed by atoms with van der Waals surface area (Å²) in [6.07, 6.45) is 0. The van der Waals surface area contributed by atoms with Crippen molar-refractivity contribution in [3.63, 3.8) is 0 Å². The van der Waals surface area contributed by atoms with Gasteiger partial charge >= 0.3 is 7.60 Å². The zero-order valence-electron chi connectivity index (χ0n) is 13.0. The van der Waals surface area contributed by atoms with Crippen LogP contribution in [0.2, 0.25) is 5.02 Å². The average Bonchev–Trinajstić information content (AvgIpc) is 2.48. The third-order valence-corrected chi connectivity index (χ3v) is 5.11. The lowest BCUT2D eigenvalue weighted by Crippen LogP contribution is -2.26. The summed E-state index contributed by atoms with van der Waals surface area (Å²) >= 11 is 5.97. The van der Waals surface area contributed by atoms with Crippen LogP contribution in [0.25, 0.3) is 0 Å². The summed E-state index contributed by atoms with van der Waals surface area (Å²) in [6.45, 7) is 5.51. The molecule has 0 radical (unpaired) electrons. The molecule has 0 amide bonds. The van der Waals surface area contributed by atoms with Gasteiger partial charge in [0.05, 0.1) is 6.61 Å². The summed E-state index contributed by atoms with van der Waals surface area (Å²) < 4.78 is 23.8. The Morgan fingerprint density at radius 2 is 1.59 bits per heavy atom. The molecule has 0 aliphatic carbocycles. The van der Waals surface area contributed by atoms with Crippen LogP contribution in [0.3, 0.4) is 0 Å². The topological polar surface area (TPSA) is 35.5 Å². The van der Waals surface area contributed by atoms with E-state index in [4.69, 9.17) is 20.6 Å². The Morgan fingerprint density at radius 1 is 1.05 bits per heavy atom. The summed E-state index contributed by atoms with van der Waals surface area (Å²) in [7, 11) is -3.19. The Hall–Kier alpha value is -1.12. The van der Waals surface area contributed by atoms with Crippen molar-refractivity contribution in [3.05, 3.63) is 70.7 Å².